The molecule has 0 unspecified atom stereocenters. The number of amides is 4. The van der Waals surface area contributed by atoms with Crippen LogP contribution in [0.4, 0.5) is 0 Å². The molecule has 2 atom stereocenters. The lowest BCUT2D eigenvalue weighted by molar-refractivity contribution is -0.154. The van der Waals surface area contributed by atoms with Gasteiger partial charge in [0.2, 0.25) is 11.8 Å². The van der Waals surface area contributed by atoms with Crippen LogP contribution in [0.2, 0.25) is 0 Å². The van der Waals surface area contributed by atoms with Crippen LogP contribution in [-0.4, -0.2) is 103 Å². The number of hydrogen-bond donors (Lipinski definition) is 1. The van der Waals surface area contributed by atoms with Crippen molar-refractivity contribution in [3.05, 3.63) is 70.3 Å². The second-order valence-corrected chi connectivity index (χ2v) is 12.6. The van der Waals surface area contributed by atoms with Crippen LogP contribution in [0.25, 0.3) is 0 Å². The van der Waals surface area contributed by atoms with Crippen molar-refractivity contribution in [3.63, 3.8) is 0 Å². The first kappa shape index (κ1) is 31.2. The Morgan fingerprint density at radius 3 is 2.00 bits per heavy atom. The molecule has 3 saturated heterocycles. The number of piperazine rings is 1. The van der Waals surface area contributed by atoms with E-state index in [4.69, 9.17) is 9.47 Å². The van der Waals surface area contributed by atoms with Crippen LogP contribution < -0.4 is 5.32 Å². The number of hydrogen-bond acceptors (Lipinski definition) is 6. The minimum absolute atomic E-state index is 0.0313. The van der Waals surface area contributed by atoms with Gasteiger partial charge in [0.05, 0.1) is 26.4 Å². The molecule has 1 aliphatic carbocycles. The van der Waals surface area contributed by atoms with E-state index >= 15 is 0 Å². The highest BCUT2D eigenvalue weighted by Gasteiger charge is 2.47. The normalized spacial score (nSPS) is 22.5. The predicted octanol–water partition coefficient (Wildman–Crippen LogP) is 2.68. The maximum absolute atomic E-state index is 14.5. The molecule has 2 aromatic carbocycles. The van der Waals surface area contributed by atoms with Crippen LogP contribution in [0, 0.1) is 11.8 Å². The summed E-state index contributed by atoms with van der Waals surface area (Å²) in [4.78, 5) is 61.0. The van der Waals surface area contributed by atoms with Crippen molar-refractivity contribution < 1.29 is 28.7 Å². The molecule has 4 aliphatic rings. The van der Waals surface area contributed by atoms with Crippen molar-refractivity contribution in [2.75, 3.05) is 52.6 Å². The van der Waals surface area contributed by atoms with Gasteiger partial charge in [-0.25, -0.2) is 0 Å². The SMILES string of the molecule is CCC(CC)[C@@H]1C(=O)N[C@H](C2Cc3ccccc3C2)C(=O)N1Cc1ccc(C(=O)N2CCOCC2)cc1C(=O)N1CCOCC1. The Labute approximate surface area is 265 Å². The Balaban J connectivity index is 1.34. The van der Waals surface area contributed by atoms with Gasteiger partial charge in [0, 0.05) is 43.9 Å². The van der Waals surface area contributed by atoms with Crippen LogP contribution in [0.15, 0.2) is 42.5 Å². The Morgan fingerprint density at radius 1 is 0.844 bits per heavy atom. The quantitative estimate of drug-likeness (QED) is 0.489. The third kappa shape index (κ3) is 6.35. The molecule has 0 bridgehead atoms. The fraction of sp³-hybridized carbons (Fsp3) is 0.543. The van der Waals surface area contributed by atoms with E-state index in [2.05, 4.69) is 17.4 Å². The summed E-state index contributed by atoms with van der Waals surface area (Å²) in [6.07, 6.45) is 2.94. The molecule has 0 saturated carbocycles. The average molecular weight is 617 g/mol. The van der Waals surface area contributed by atoms with E-state index in [1.54, 1.807) is 32.9 Å². The highest BCUT2D eigenvalue weighted by Crippen LogP contribution is 2.34. The summed E-state index contributed by atoms with van der Waals surface area (Å²) in [5, 5.41) is 3.13. The second-order valence-electron chi connectivity index (χ2n) is 12.6. The number of rotatable bonds is 8. The number of ether oxygens (including phenoxy) is 2. The molecule has 1 N–H and O–H groups in total. The van der Waals surface area contributed by atoms with Crippen molar-refractivity contribution in [1.29, 1.82) is 0 Å². The van der Waals surface area contributed by atoms with Crippen molar-refractivity contribution >= 4 is 23.6 Å². The summed E-state index contributed by atoms with van der Waals surface area (Å²) >= 11 is 0. The summed E-state index contributed by atoms with van der Waals surface area (Å²) < 4.78 is 10.9. The van der Waals surface area contributed by atoms with E-state index < -0.39 is 12.1 Å². The van der Waals surface area contributed by atoms with Gasteiger partial charge in [-0.05, 0) is 53.5 Å². The smallest absolute Gasteiger partial charge is 0.254 e. The first-order chi connectivity index (χ1) is 21.9. The maximum Gasteiger partial charge on any atom is 0.254 e. The molecule has 3 aliphatic heterocycles. The molecule has 0 spiro atoms. The topological polar surface area (TPSA) is 108 Å². The number of nitrogens with zero attached hydrogens (tertiary/aromatic N) is 3. The van der Waals surface area contributed by atoms with Gasteiger partial charge in [-0.3, -0.25) is 19.2 Å². The summed E-state index contributed by atoms with van der Waals surface area (Å²) in [5.41, 5.74) is 3.90. The number of morpholine rings is 2. The predicted molar refractivity (Wildman–Crippen MR) is 168 cm³/mol. The van der Waals surface area contributed by atoms with Crippen LogP contribution >= 0.6 is 0 Å². The fourth-order valence-corrected chi connectivity index (χ4v) is 7.40. The molecule has 6 rings (SSSR count). The van der Waals surface area contributed by atoms with Gasteiger partial charge in [0.15, 0.2) is 0 Å². The molecule has 240 valence electrons. The molecular formula is C35H44N4O6. The minimum atomic E-state index is -0.645. The molecule has 0 aromatic heterocycles. The molecule has 45 heavy (non-hydrogen) atoms. The first-order valence-electron chi connectivity index (χ1n) is 16.4. The van der Waals surface area contributed by atoms with Crippen LogP contribution in [0.1, 0.15) is 64.1 Å². The van der Waals surface area contributed by atoms with Crippen LogP contribution in [0.5, 0.6) is 0 Å². The Bertz CT molecular complexity index is 1400. The largest absolute Gasteiger partial charge is 0.378 e. The van der Waals surface area contributed by atoms with Crippen molar-refractivity contribution in [2.45, 2.75) is 58.2 Å². The molecular weight excluding hydrogens is 572 g/mol. The number of nitrogens with one attached hydrogen (secondary N) is 1. The molecule has 10 nitrogen and oxygen atoms in total. The van der Waals surface area contributed by atoms with E-state index in [1.807, 2.05) is 26.0 Å². The number of carbonyl (C=O) groups is 4. The summed E-state index contributed by atoms with van der Waals surface area (Å²) in [6.45, 7) is 7.94. The third-order valence-electron chi connectivity index (χ3n) is 10.0. The Morgan fingerprint density at radius 2 is 1.42 bits per heavy atom. The molecule has 0 radical (unpaired) electrons. The molecule has 3 fully saturated rings. The van der Waals surface area contributed by atoms with Gasteiger partial charge in [0.1, 0.15) is 12.1 Å². The van der Waals surface area contributed by atoms with E-state index in [0.717, 1.165) is 25.7 Å². The zero-order chi connectivity index (χ0) is 31.5. The second kappa shape index (κ2) is 13.7. The van der Waals surface area contributed by atoms with Crippen molar-refractivity contribution in [3.8, 4) is 0 Å². The summed E-state index contributed by atoms with van der Waals surface area (Å²) in [6, 6.07) is 12.1. The van der Waals surface area contributed by atoms with E-state index in [1.165, 1.54) is 11.1 Å². The highest BCUT2D eigenvalue weighted by atomic mass is 16.5. The third-order valence-corrected chi connectivity index (χ3v) is 10.0. The van der Waals surface area contributed by atoms with Crippen molar-refractivity contribution in [1.82, 2.24) is 20.0 Å². The minimum Gasteiger partial charge on any atom is -0.378 e. The number of carbonyl (C=O) groups excluding carboxylic acids is 4. The maximum atomic E-state index is 14.5. The van der Waals surface area contributed by atoms with E-state index in [9.17, 15) is 19.2 Å². The van der Waals surface area contributed by atoms with Crippen LogP contribution in [-0.2, 0) is 38.4 Å². The zero-order valence-corrected chi connectivity index (χ0v) is 26.3. The molecule has 10 heteroatoms. The van der Waals surface area contributed by atoms with E-state index in [-0.39, 0.29) is 42.0 Å². The van der Waals surface area contributed by atoms with E-state index in [0.29, 0.717) is 69.3 Å². The monoisotopic (exact) mass is 616 g/mol. The van der Waals surface area contributed by atoms with Gasteiger partial charge < -0.3 is 29.5 Å². The van der Waals surface area contributed by atoms with Gasteiger partial charge in [-0.15, -0.1) is 0 Å². The number of fused-ring (bicyclic) bond motifs is 1. The lowest BCUT2D eigenvalue weighted by Gasteiger charge is -2.44. The molecule has 3 heterocycles. The Kier molecular flexibility index (Phi) is 9.51. The summed E-state index contributed by atoms with van der Waals surface area (Å²) in [7, 11) is 0. The average Bonchev–Trinajstić information content (AvgIpc) is 3.52. The standard InChI is InChI=1S/C35H44N4O6/c1-3-23(4-2)31-32(40)36-30(28-19-24-7-5-6-8-25(24)20-28)35(43)39(31)22-27-10-9-26(33(41)37-11-15-44-16-12-37)21-29(27)34(42)38-13-17-45-18-14-38/h5-10,21,23,28,30-31H,3-4,11-20,22H2,1-2H3,(H,36,40)/t30-,31-/m1/s1. The lowest BCUT2D eigenvalue weighted by Crippen LogP contribution is -2.66. The molecule has 2 aromatic rings. The molecule has 4 amide bonds. The van der Waals surface area contributed by atoms with Crippen molar-refractivity contribution in [2.24, 2.45) is 11.8 Å². The Hall–Kier alpha value is -3.76. The number of benzene rings is 2. The first-order valence-corrected chi connectivity index (χ1v) is 16.4. The summed E-state index contributed by atoms with van der Waals surface area (Å²) in [5.74, 6) is -0.652. The van der Waals surface area contributed by atoms with Gasteiger partial charge in [0.25, 0.3) is 11.8 Å². The fourth-order valence-electron chi connectivity index (χ4n) is 7.40. The highest BCUT2D eigenvalue weighted by molar-refractivity contribution is 6.01. The van der Waals surface area contributed by atoms with Gasteiger partial charge in [-0.2, -0.15) is 0 Å². The van der Waals surface area contributed by atoms with Gasteiger partial charge >= 0.3 is 0 Å². The zero-order valence-electron chi connectivity index (χ0n) is 26.3. The van der Waals surface area contributed by atoms with Gasteiger partial charge in [-0.1, -0.05) is 57.0 Å². The van der Waals surface area contributed by atoms with Crippen LogP contribution in [0.3, 0.4) is 0 Å². The lowest BCUT2D eigenvalue weighted by atomic mass is 9.85.